The maximum Gasteiger partial charge on any atom is 0.279 e. The highest BCUT2D eigenvalue weighted by atomic mass is 32.2. The van der Waals surface area contributed by atoms with Crippen LogP contribution in [0.3, 0.4) is 0 Å². The van der Waals surface area contributed by atoms with Crippen LogP contribution >= 0.6 is 0 Å². The molecule has 1 amide bonds. The number of nitrogens with zero attached hydrogens (tertiary/aromatic N) is 2. The predicted molar refractivity (Wildman–Crippen MR) is 88.1 cm³/mol. The van der Waals surface area contributed by atoms with Gasteiger partial charge in [-0.1, -0.05) is 45.0 Å². The average molecular weight is 337 g/mol. The number of amides is 1. The van der Waals surface area contributed by atoms with E-state index in [0.29, 0.717) is 19.6 Å². The van der Waals surface area contributed by atoms with E-state index in [-0.39, 0.29) is 23.9 Å². The highest BCUT2D eigenvalue weighted by Gasteiger charge is 2.45. The fraction of sp³-hybridized carbons (Fsp3) is 0.562. The summed E-state index contributed by atoms with van der Waals surface area (Å²) in [7, 11) is -3.61. The normalized spacial score (nSPS) is 24.2. The third-order valence-electron chi connectivity index (χ3n) is 4.67. The second kappa shape index (κ2) is 5.58. The fourth-order valence-corrected chi connectivity index (χ4v) is 4.77. The number of hydrogen-bond acceptors (Lipinski definition) is 3. The van der Waals surface area contributed by atoms with Crippen LogP contribution in [-0.4, -0.2) is 49.7 Å². The summed E-state index contributed by atoms with van der Waals surface area (Å²) in [6.45, 7) is 7.11. The number of nitrogens with one attached hydrogen (secondary N) is 1. The Bertz CT molecular complexity index is 730. The van der Waals surface area contributed by atoms with Gasteiger partial charge in [0.15, 0.2) is 0 Å². The van der Waals surface area contributed by atoms with Gasteiger partial charge in [-0.2, -0.15) is 12.7 Å². The summed E-state index contributed by atoms with van der Waals surface area (Å²) in [6, 6.07) is 7.81. The lowest BCUT2D eigenvalue weighted by Gasteiger charge is -2.49. The van der Waals surface area contributed by atoms with Gasteiger partial charge in [-0.3, -0.25) is 4.79 Å². The van der Waals surface area contributed by atoms with Gasteiger partial charge in [-0.15, -0.1) is 0 Å². The molecule has 0 saturated carbocycles. The van der Waals surface area contributed by atoms with Gasteiger partial charge in [0.05, 0.1) is 12.6 Å². The zero-order valence-electron chi connectivity index (χ0n) is 13.7. The number of carbonyl (C=O) groups is 1. The topological polar surface area (TPSA) is 69.7 Å². The van der Waals surface area contributed by atoms with Crippen molar-refractivity contribution in [2.24, 2.45) is 0 Å². The van der Waals surface area contributed by atoms with Crippen molar-refractivity contribution in [2.75, 3.05) is 26.2 Å². The second-order valence-electron chi connectivity index (χ2n) is 6.80. The Labute approximate surface area is 137 Å². The number of rotatable bonds is 3. The Morgan fingerprint density at radius 2 is 2.00 bits per heavy atom. The van der Waals surface area contributed by atoms with Crippen LogP contribution in [0.2, 0.25) is 0 Å². The minimum Gasteiger partial charge on any atom is -0.332 e. The molecule has 126 valence electrons. The molecule has 0 radical (unpaired) electrons. The number of piperazine rings is 1. The third kappa shape index (κ3) is 2.77. The van der Waals surface area contributed by atoms with Gasteiger partial charge in [-0.25, -0.2) is 4.72 Å². The maximum atomic E-state index is 12.6. The molecule has 0 spiro atoms. The molecular formula is C16H23N3O3S. The Hall–Kier alpha value is -1.44. The smallest absolute Gasteiger partial charge is 0.279 e. The van der Waals surface area contributed by atoms with E-state index in [9.17, 15) is 13.2 Å². The molecule has 2 heterocycles. The summed E-state index contributed by atoms with van der Waals surface area (Å²) in [6.07, 6.45) is 0. The van der Waals surface area contributed by atoms with E-state index >= 15 is 0 Å². The molecule has 2 aliphatic rings. The van der Waals surface area contributed by atoms with Crippen molar-refractivity contribution in [1.29, 1.82) is 0 Å². The molecular weight excluding hydrogens is 314 g/mol. The largest absolute Gasteiger partial charge is 0.332 e. The summed E-state index contributed by atoms with van der Waals surface area (Å²) >= 11 is 0. The summed E-state index contributed by atoms with van der Waals surface area (Å²) in [5, 5.41) is 0. The molecule has 1 unspecified atom stereocenters. The minimum atomic E-state index is -3.61. The highest BCUT2D eigenvalue weighted by Crippen LogP contribution is 2.41. The minimum absolute atomic E-state index is 0.0932. The van der Waals surface area contributed by atoms with E-state index in [0.717, 1.165) is 5.56 Å². The Kier molecular flexibility index (Phi) is 3.98. The first-order valence-corrected chi connectivity index (χ1v) is 9.34. The first-order valence-electron chi connectivity index (χ1n) is 7.90. The van der Waals surface area contributed by atoms with E-state index in [4.69, 9.17) is 0 Å². The molecule has 0 aliphatic carbocycles. The van der Waals surface area contributed by atoms with Crippen molar-refractivity contribution in [3.05, 3.63) is 35.4 Å². The quantitative estimate of drug-likeness (QED) is 0.895. The van der Waals surface area contributed by atoms with E-state index in [1.54, 1.807) is 6.92 Å². The van der Waals surface area contributed by atoms with Crippen molar-refractivity contribution in [2.45, 2.75) is 32.2 Å². The lowest BCUT2D eigenvalue weighted by atomic mass is 9.75. The molecule has 1 saturated heterocycles. The first-order chi connectivity index (χ1) is 10.8. The van der Waals surface area contributed by atoms with Crippen LogP contribution in [0.4, 0.5) is 0 Å². The van der Waals surface area contributed by atoms with Crippen molar-refractivity contribution in [3.8, 4) is 0 Å². The summed E-state index contributed by atoms with van der Waals surface area (Å²) in [5.41, 5.74) is 2.11. The SMILES string of the molecule is CCNS(=O)(=O)N1CC(=O)N2CC(C)(C)c3ccccc3C2C1. The first kappa shape index (κ1) is 16.4. The fourth-order valence-electron chi connectivity index (χ4n) is 3.61. The Balaban J connectivity index is 2.01. The zero-order chi connectivity index (χ0) is 16.8. The number of benzene rings is 1. The van der Waals surface area contributed by atoms with E-state index in [1.807, 2.05) is 23.1 Å². The van der Waals surface area contributed by atoms with E-state index < -0.39 is 10.2 Å². The monoisotopic (exact) mass is 337 g/mol. The molecule has 7 heteroatoms. The summed E-state index contributed by atoms with van der Waals surface area (Å²) in [5.74, 6) is -0.134. The highest BCUT2D eigenvalue weighted by molar-refractivity contribution is 7.87. The standard InChI is InChI=1S/C16H23N3O3S/c1-4-17-23(21,22)18-9-14-12-7-5-6-8-13(12)16(2,3)11-19(14)15(20)10-18/h5-8,14,17H,4,9-11H2,1-3H3. The van der Waals surface area contributed by atoms with Crippen molar-refractivity contribution in [1.82, 2.24) is 13.9 Å². The molecule has 3 rings (SSSR count). The van der Waals surface area contributed by atoms with Crippen LogP contribution in [-0.2, 0) is 20.4 Å². The Morgan fingerprint density at radius 3 is 2.70 bits per heavy atom. The van der Waals surface area contributed by atoms with Crippen LogP contribution in [0, 0.1) is 0 Å². The lowest BCUT2D eigenvalue weighted by Crippen LogP contribution is -2.60. The van der Waals surface area contributed by atoms with Crippen LogP contribution < -0.4 is 4.72 Å². The average Bonchev–Trinajstić information content (AvgIpc) is 2.48. The molecule has 6 nitrogen and oxygen atoms in total. The third-order valence-corrected chi connectivity index (χ3v) is 6.28. The van der Waals surface area contributed by atoms with E-state index in [1.165, 1.54) is 9.87 Å². The van der Waals surface area contributed by atoms with Crippen LogP contribution in [0.25, 0.3) is 0 Å². The number of fused-ring (bicyclic) bond motifs is 3. The summed E-state index contributed by atoms with van der Waals surface area (Å²) < 4.78 is 28.3. The van der Waals surface area contributed by atoms with Gasteiger partial charge >= 0.3 is 0 Å². The van der Waals surface area contributed by atoms with Crippen molar-refractivity contribution in [3.63, 3.8) is 0 Å². The number of hydrogen-bond donors (Lipinski definition) is 1. The van der Waals surface area contributed by atoms with Crippen LogP contribution in [0.1, 0.15) is 37.9 Å². The molecule has 1 aromatic rings. The molecule has 1 fully saturated rings. The van der Waals surface area contributed by atoms with E-state index in [2.05, 4.69) is 24.6 Å². The molecule has 1 N–H and O–H groups in total. The van der Waals surface area contributed by atoms with Gasteiger partial charge in [-0.05, 0) is 11.1 Å². The molecule has 0 aromatic heterocycles. The zero-order valence-corrected chi connectivity index (χ0v) is 14.6. The second-order valence-corrected chi connectivity index (χ2v) is 8.56. The molecule has 23 heavy (non-hydrogen) atoms. The number of carbonyl (C=O) groups excluding carboxylic acids is 1. The maximum absolute atomic E-state index is 12.6. The van der Waals surface area contributed by atoms with Crippen molar-refractivity contribution >= 4 is 16.1 Å². The van der Waals surface area contributed by atoms with Gasteiger partial charge in [0, 0.05) is 25.0 Å². The predicted octanol–water partition coefficient (Wildman–Crippen LogP) is 1.02. The van der Waals surface area contributed by atoms with Gasteiger partial charge < -0.3 is 4.90 Å². The van der Waals surface area contributed by atoms with Gasteiger partial charge in [0.1, 0.15) is 0 Å². The lowest BCUT2D eigenvalue weighted by molar-refractivity contribution is -0.139. The Morgan fingerprint density at radius 1 is 1.30 bits per heavy atom. The molecule has 1 aromatic carbocycles. The van der Waals surface area contributed by atoms with Gasteiger partial charge in [0.2, 0.25) is 5.91 Å². The molecule has 1 atom stereocenters. The van der Waals surface area contributed by atoms with Gasteiger partial charge in [0.25, 0.3) is 10.2 Å². The molecule has 2 aliphatic heterocycles. The molecule has 0 bridgehead atoms. The van der Waals surface area contributed by atoms with Crippen LogP contribution in [0.5, 0.6) is 0 Å². The van der Waals surface area contributed by atoms with Crippen molar-refractivity contribution < 1.29 is 13.2 Å². The van der Waals surface area contributed by atoms with Crippen LogP contribution in [0.15, 0.2) is 24.3 Å². The summed E-state index contributed by atoms with van der Waals surface area (Å²) in [4.78, 5) is 14.4.